The Balaban J connectivity index is 0. The Bertz CT molecular complexity index is 1110. The number of hydrogen-bond acceptors (Lipinski definition) is 11. The molecule has 0 aliphatic heterocycles. The van der Waals surface area contributed by atoms with E-state index in [1.54, 1.807) is 23.5 Å². The molecule has 0 heterocycles. The van der Waals surface area contributed by atoms with Crippen LogP contribution in [0.4, 0.5) is 0 Å². The Morgan fingerprint density at radius 2 is 1.05 bits per heavy atom. The Morgan fingerprint density at radius 1 is 0.655 bits per heavy atom. The number of hydrogen-bond donors (Lipinski definition) is 5. The lowest BCUT2D eigenvalue weighted by atomic mass is 10.2. The molecule has 0 radical (unpaired) electrons. The molecule has 13 heteroatoms. The third kappa shape index (κ3) is 44.7. The first-order valence-corrected chi connectivity index (χ1v) is 23.5. The predicted molar refractivity (Wildman–Crippen MR) is 256 cm³/mol. The molecule has 0 saturated heterocycles. The summed E-state index contributed by atoms with van der Waals surface area (Å²) >= 11 is 17.7. The zero-order chi connectivity index (χ0) is 41.0. The van der Waals surface area contributed by atoms with Crippen molar-refractivity contribution in [3.05, 3.63) is 60.7 Å². The molecule has 0 bridgehead atoms. The Labute approximate surface area is 359 Å². The molecule has 0 unspecified atom stereocenters. The number of thiocarbonyl (C=S) groups is 2. The molecule has 0 atom stereocenters. The minimum absolute atomic E-state index is 0.171. The lowest BCUT2D eigenvalue weighted by molar-refractivity contribution is -0.117. The van der Waals surface area contributed by atoms with Crippen LogP contribution in [0.3, 0.4) is 0 Å². The maximum absolute atomic E-state index is 10.5. The average Bonchev–Trinajstić information content (AvgIpc) is 3.17. The van der Waals surface area contributed by atoms with Crippen molar-refractivity contribution in [1.29, 1.82) is 0 Å². The molecule has 1 amide bonds. The van der Waals surface area contributed by atoms with Gasteiger partial charge >= 0.3 is 0 Å². The van der Waals surface area contributed by atoms with Crippen molar-refractivity contribution in [2.24, 2.45) is 22.2 Å². The van der Waals surface area contributed by atoms with Crippen LogP contribution in [0.15, 0.2) is 65.7 Å². The van der Waals surface area contributed by atoms with Crippen LogP contribution in [0.25, 0.3) is 0 Å². The summed E-state index contributed by atoms with van der Waals surface area (Å²) in [6, 6.07) is 19.4. The largest absolute Gasteiger partial charge is 0.440 e. The maximum atomic E-state index is 10.5. The predicted octanol–water partition coefficient (Wildman–Crippen LogP) is 11.1. The highest BCUT2D eigenvalue weighted by molar-refractivity contribution is 8.23. The monoisotopic (exact) mass is 855 g/mol. The van der Waals surface area contributed by atoms with Gasteiger partial charge in [-0.1, -0.05) is 144 Å². The van der Waals surface area contributed by atoms with E-state index in [2.05, 4.69) is 36.8 Å². The molecule has 314 valence electrons. The zero-order valence-electron chi connectivity index (χ0n) is 34.0. The van der Waals surface area contributed by atoms with Crippen molar-refractivity contribution in [2.75, 3.05) is 36.9 Å². The van der Waals surface area contributed by atoms with Gasteiger partial charge in [0, 0.05) is 25.0 Å². The number of unbranched alkanes of at least 4 members (excludes halogenated alkanes) is 13. The molecule has 0 spiro atoms. The second kappa shape index (κ2) is 44.8. The molecule has 0 aliphatic rings. The minimum Gasteiger partial charge on any atom is -0.440 e. The molecule has 0 aromatic heterocycles. The third-order valence-electron chi connectivity index (χ3n) is 7.39. The van der Waals surface area contributed by atoms with Crippen LogP contribution in [0.1, 0.15) is 130 Å². The van der Waals surface area contributed by atoms with E-state index in [-0.39, 0.29) is 11.9 Å². The first-order chi connectivity index (χ1) is 26.7. The third-order valence-corrected chi connectivity index (χ3v) is 10.2. The van der Waals surface area contributed by atoms with E-state index in [1.165, 1.54) is 103 Å². The topological polar surface area (TPSA) is 138 Å². The van der Waals surface area contributed by atoms with Crippen LogP contribution in [0.2, 0.25) is 0 Å². The maximum Gasteiger partial charge on any atom is 0.225 e. The average molecular weight is 856 g/mol. The SMILES string of the molecule is CCCCCCCSC(=S)Oc1ccccc1.CCCCCCN=C(N)NC(C)=O.NCCCCCCS.NCCCCCCSC(=S)Oc1ccccc1. The van der Waals surface area contributed by atoms with Gasteiger partial charge in [-0.2, -0.15) is 12.6 Å². The Kier molecular flexibility index (Phi) is 45.0. The summed E-state index contributed by atoms with van der Waals surface area (Å²) in [4.78, 5) is 14.5. The van der Waals surface area contributed by atoms with Crippen molar-refractivity contribution in [3.8, 4) is 11.5 Å². The van der Waals surface area contributed by atoms with E-state index >= 15 is 0 Å². The number of nitrogens with two attached hydrogens (primary N) is 3. The summed E-state index contributed by atoms with van der Waals surface area (Å²) in [7, 11) is 0. The highest BCUT2D eigenvalue weighted by atomic mass is 32.2. The van der Waals surface area contributed by atoms with Gasteiger partial charge in [-0.25, -0.2) is 0 Å². The fraction of sp³-hybridized carbons (Fsp3) is 0.619. The van der Waals surface area contributed by atoms with Gasteiger partial charge in [0.05, 0.1) is 0 Å². The normalized spacial score (nSPS) is 10.4. The molecule has 55 heavy (non-hydrogen) atoms. The first kappa shape index (κ1) is 55.2. The first-order valence-electron chi connectivity index (χ1n) is 20.1. The van der Waals surface area contributed by atoms with Crippen LogP contribution < -0.4 is 32.0 Å². The van der Waals surface area contributed by atoms with E-state index in [9.17, 15) is 4.79 Å². The zero-order valence-corrected chi connectivity index (χ0v) is 38.2. The second-order valence-corrected chi connectivity index (χ2v) is 16.4. The fourth-order valence-electron chi connectivity index (χ4n) is 4.41. The van der Waals surface area contributed by atoms with E-state index < -0.39 is 0 Å². The van der Waals surface area contributed by atoms with E-state index in [0.29, 0.717) is 15.3 Å². The summed E-state index contributed by atoms with van der Waals surface area (Å²) in [6.45, 7) is 8.15. The summed E-state index contributed by atoms with van der Waals surface area (Å²) in [5, 5.41) is 2.42. The van der Waals surface area contributed by atoms with Crippen LogP contribution in [0.5, 0.6) is 11.5 Å². The number of nitrogens with zero attached hydrogens (tertiary/aromatic N) is 1. The number of ether oxygens (including phenoxy) is 2. The lowest BCUT2D eigenvalue weighted by Crippen LogP contribution is -2.35. The van der Waals surface area contributed by atoms with E-state index in [4.69, 9.17) is 51.1 Å². The van der Waals surface area contributed by atoms with Crippen LogP contribution >= 0.6 is 60.6 Å². The van der Waals surface area contributed by atoms with Crippen molar-refractivity contribution in [2.45, 2.75) is 130 Å². The van der Waals surface area contributed by atoms with Gasteiger partial charge in [0.15, 0.2) is 5.96 Å². The van der Waals surface area contributed by atoms with E-state index in [1.807, 2.05) is 60.7 Å². The molecule has 7 N–H and O–H groups in total. The number of thioether (sulfide) groups is 2. The molecule has 2 aromatic rings. The van der Waals surface area contributed by atoms with Crippen molar-refractivity contribution in [1.82, 2.24) is 5.32 Å². The molecule has 8 nitrogen and oxygen atoms in total. The van der Waals surface area contributed by atoms with Crippen LogP contribution in [0, 0.1) is 0 Å². The van der Waals surface area contributed by atoms with Crippen LogP contribution in [-0.4, -0.2) is 57.5 Å². The second-order valence-electron chi connectivity index (χ2n) is 12.6. The van der Waals surface area contributed by atoms with Crippen molar-refractivity contribution < 1.29 is 14.3 Å². The number of nitrogens with one attached hydrogen (secondary N) is 1. The van der Waals surface area contributed by atoms with Gasteiger partial charge in [-0.3, -0.25) is 15.1 Å². The van der Waals surface area contributed by atoms with Crippen molar-refractivity contribution in [3.63, 3.8) is 0 Å². The molecule has 2 rings (SSSR count). The molecular formula is C42H73N5O3S5. The number of rotatable bonds is 24. The Morgan fingerprint density at radius 3 is 1.45 bits per heavy atom. The Hall–Kier alpha value is -1.87. The number of carbonyl (C=O) groups excluding carboxylic acids is 1. The summed E-state index contributed by atoms with van der Waals surface area (Å²) in [5.41, 5.74) is 16.1. The number of benzene rings is 2. The number of aliphatic imine (C=N–C) groups is 1. The van der Waals surface area contributed by atoms with Gasteiger partial charge in [-0.15, -0.1) is 0 Å². The standard InChI is InChI=1S/C14H20OS2.C13H19NOS2.C9H19N3O.C6H15NS/c1-2-3-4-5-9-12-17-14(16)15-13-10-7-6-8-11-13;14-10-6-1-2-7-11-17-13(16)15-12-8-4-3-5-9-12;1-3-4-5-6-7-11-9(10)12-8(2)13;7-5-3-1-2-4-6-8/h6-8,10-11H,2-5,9,12H2,1H3;3-5,8-9H,1-2,6-7,10-11,14H2;3-7H2,1-2H3,(H3,10,11,12,13);8H,1-7H2. The number of guanidine groups is 1. The number of amides is 1. The molecule has 0 fully saturated rings. The summed E-state index contributed by atoms with van der Waals surface area (Å²) < 4.78 is 12.3. The highest BCUT2D eigenvalue weighted by Crippen LogP contribution is 2.17. The number of thiol groups is 1. The molecular weight excluding hydrogens is 783 g/mol. The quantitative estimate of drug-likeness (QED) is 0.0228. The number of para-hydroxylation sites is 2. The van der Waals surface area contributed by atoms with Crippen LogP contribution in [-0.2, 0) is 4.79 Å². The number of carbonyl (C=O) groups is 1. The lowest BCUT2D eigenvalue weighted by Gasteiger charge is -2.05. The molecule has 2 aromatic carbocycles. The van der Waals surface area contributed by atoms with Gasteiger partial charge in [0.25, 0.3) is 0 Å². The van der Waals surface area contributed by atoms with Gasteiger partial charge in [-0.05, 0) is 106 Å². The minimum atomic E-state index is -0.171. The molecule has 0 saturated carbocycles. The summed E-state index contributed by atoms with van der Waals surface area (Å²) in [5.74, 6) is 4.80. The van der Waals surface area contributed by atoms with E-state index in [0.717, 1.165) is 54.7 Å². The molecule has 0 aliphatic carbocycles. The highest BCUT2D eigenvalue weighted by Gasteiger charge is 2.02. The van der Waals surface area contributed by atoms with Gasteiger partial charge in [0.2, 0.25) is 14.7 Å². The fourth-order valence-corrected chi connectivity index (χ4v) is 6.67. The smallest absolute Gasteiger partial charge is 0.225 e. The van der Waals surface area contributed by atoms with Gasteiger partial charge in [0.1, 0.15) is 11.5 Å². The summed E-state index contributed by atoms with van der Waals surface area (Å²) in [6.07, 6.45) is 20.9. The van der Waals surface area contributed by atoms with Gasteiger partial charge < -0.3 is 26.7 Å². The van der Waals surface area contributed by atoms with Crippen molar-refractivity contribution >= 4 is 81.2 Å².